The van der Waals surface area contributed by atoms with Crippen molar-refractivity contribution in [1.29, 1.82) is 0 Å². The van der Waals surface area contributed by atoms with Crippen molar-refractivity contribution in [3.8, 4) is 5.75 Å². The van der Waals surface area contributed by atoms with Crippen LogP contribution in [0.4, 0.5) is 0 Å². The fraction of sp³-hybridized carbons (Fsp3) is 0.318. The van der Waals surface area contributed by atoms with E-state index in [4.69, 9.17) is 14.2 Å². The van der Waals surface area contributed by atoms with Crippen LogP contribution in [0.2, 0.25) is 0 Å². The van der Waals surface area contributed by atoms with Crippen LogP contribution in [0.15, 0.2) is 61.1 Å². The van der Waals surface area contributed by atoms with E-state index in [0.29, 0.717) is 18.8 Å². The van der Waals surface area contributed by atoms with Gasteiger partial charge in [-0.2, -0.15) is 0 Å². The summed E-state index contributed by atoms with van der Waals surface area (Å²) in [5, 5.41) is 0. The Morgan fingerprint density at radius 1 is 1.04 bits per heavy atom. The van der Waals surface area contributed by atoms with E-state index in [-0.39, 0.29) is 11.7 Å². The molecule has 0 atom stereocenters. The Kier molecular flexibility index (Phi) is 5.31. The van der Waals surface area contributed by atoms with E-state index in [1.54, 1.807) is 0 Å². The Bertz CT molecular complexity index is 785. The van der Waals surface area contributed by atoms with Gasteiger partial charge in [0.25, 0.3) is 5.79 Å². The largest absolute Gasteiger partial charge is 0.488 e. The topological polar surface area (TPSA) is 44.8 Å². The minimum Gasteiger partial charge on any atom is -0.488 e. The SMILES string of the molecule is CC(C)C(=O)Cc1ccc(C2(C)OC=CO2)c(OCc2ccccc2)c1. The second-order valence-electron chi connectivity index (χ2n) is 6.86. The van der Waals surface area contributed by atoms with E-state index in [2.05, 4.69) is 0 Å². The molecule has 0 aromatic heterocycles. The lowest BCUT2D eigenvalue weighted by Gasteiger charge is -2.26. The zero-order valence-electron chi connectivity index (χ0n) is 15.4. The fourth-order valence-corrected chi connectivity index (χ4v) is 2.78. The number of benzene rings is 2. The standard InChI is InChI=1S/C22H24O4/c1-16(2)20(23)13-18-9-10-19(22(3)25-11-12-26-22)21(14-18)24-15-17-7-5-4-6-8-17/h4-12,14,16H,13,15H2,1-3H3. The molecule has 0 unspecified atom stereocenters. The zero-order chi connectivity index (χ0) is 18.6. The molecule has 0 amide bonds. The summed E-state index contributed by atoms with van der Waals surface area (Å²) in [5.74, 6) is -0.0548. The van der Waals surface area contributed by atoms with Gasteiger partial charge in [-0.25, -0.2) is 0 Å². The van der Waals surface area contributed by atoms with Gasteiger partial charge >= 0.3 is 0 Å². The van der Waals surface area contributed by atoms with Gasteiger partial charge in [0.2, 0.25) is 0 Å². The first-order chi connectivity index (χ1) is 12.5. The smallest absolute Gasteiger partial charge is 0.277 e. The fourth-order valence-electron chi connectivity index (χ4n) is 2.78. The van der Waals surface area contributed by atoms with E-state index in [1.807, 2.05) is 69.3 Å². The third-order valence-electron chi connectivity index (χ3n) is 4.44. The average molecular weight is 352 g/mol. The minimum atomic E-state index is -0.924. The van der Waals surface area contributed by atoms with Gasteiger partial charge in [0.1, 0.15) is 30.7 Å². The predicted molar refractivity (Wildman–Crippen MR) is 99.4 cm³/mol. The van der Waals surface area contributed by atoms with Crippen LogP contribution < -0.4 is 4.74 Å². The minimum absolute atomic E-state index is 0.00609. The number of hydrogen-bond acceptors (Lipinski definition) is 4. The molecule has 3 rings (SSSR count). The summed E-state index contributed by atoms with van der Waals surface area (Å²) in [6.45, 7) is 6.10. The highest BCUT2D eigenvalue weighted by atomic mass is 16.7. The zero-order valence-corrected chi connectivity index (χ0v) is 15.4. The Labute approximate surface area is 154 Å². The average Bonchev–Trinajstić information content (AvgIpc) is 3.08. The summed E-state index contributed by atoms with van der Waals surface area (Å²) >= 11 is 0. The monoisotopic (exact) mass is 352 g/mol. The molecule has 0 bridgehead atoms. The highest BCUT2D eigenvalue weighted by Gasteiger charge is 2.35. The van der Waals surface area contributed by atoms with E-state index in [0.717, 1.165) is 16.7 Å². The Morgan fingerprint density at radius 3 is 2.38 bits per heavy atom. The van der Waals surface area contributed by atoms with Gasteiger partial charge < -0.3 is 14.2 Å². The molecule has 0 aliphatic carbocycles. The lowest BCUT2D eigenvalue weighted by atomic mass is 9.97. The lowest BCUT2D eigenvalue weighted by molar-refractivity contribution is -0.134. The molecule has 0 radical (unpaired) electrons. The summed E-state index contributed by atoms with van der Waals surface area (Å²) in [6, 6.07) is 15.7. The van der Waals surface area contributed by atoms with Crippen LogP contribution in [-0.4, -0.2) is 5.78 Å². The maximum absolute atomic E-state index is 12.1. The molecule has 0 N–H and O–H groups in total. The molecule has 0 saturated heterocycles. The number of carbonyl (C=O) groups is 1. The molecular formula is C22H24O4. The van der Waals surface area contributed by atoms with Crippen molar-refractivity contribution < 1.29 is 19.0 Å². The Morgan fingerprint density at radius 2 is 1.73 bits per heavy atom. The van der Waals surface area contributed by atoms with Gasteiger partial charge in [0.05, 0.1) is 5.56 Å². The van der Waals surface area contributed by atoms with Crippen LogP contribution in [0.1, 0.15) is 37.5 Å². The molecule has 0 spiro atoms. The first-order valence-corrected chi connectivity index (χ1v) is 8.81. The summed E-state index contributed by atoms with van der Waals surface area (Å²) in [7, 11) is 0. The van der Waals surface area contributed by atoms with Crippen molar-refractivity contribution in [2.75, 3.05) is 0 Å². The maximum atomic E-state index is 12.1. The molecule has 136 valence electrons. The molecule has 0 fully saturated rings. The van der Waals surface area contributed by atoms with E-state index < -0.39 is 5.79 Å². The van der Waals surface area contributed by atoms with E-state index in [1.165, 1.54) is 12.5 Å². The van der Waals surface area contributed by atoms with Crippen molar-refractivity contribution in [2.24, 2.45) is 5.92 Å². The molecule has 1 aliphatic rings. The van der Waals surface area contributed by atoms with E-state index >= 15 is 0 Å². The number of ketones is 1. The van der Waals surface area contributed by atoms with Gasteiger partial charge in [-0.15, -0.1) is 0 Å². The van der Waals surface area contributed by atoms with Crippen LogP contribution in [0, 0.1) is 5.92 Å². The first kappa shape index (κ1) is 18.1. The Balaban J connectivity index is 1.87. The number of ether oxygens (including phenoxy) is 3. The molecule has 2 aromatic carbocycles. The van der Waals surface area contributed by atoms with Crippen LogP contribution >= 0.6 is 0 Å². The predicted octanol–water partition coefficient (Wildman–Crippen LogP) is 4.72. The summed E-state index contributed by atoms with van der Waals surface area (Å²) in [4.78, 5) is 12.1. The highest BCUT2D eigenvalue weighted by Crippen LogP contribution is 2.38. The van der Waals surface area contributed by atoms with Crippen molar-refractivity contribution in [3.63, 3.8) is 0 Å². The van der Waals surface area contributed by atoms with Gasteiger partial charge in [0.15, 0.2) is 0 Å². The normalized spacial score (nSPS) is 14.8. The summed E-state index contributed by atoms with van der Waals surface area (Å²) < 4.78 is 17.3. The van der Waals surface area contributed by atoms with Crippen LogP contribution in [0.25, 0.3) is 0 Å². The molecule has 4 nitrogen and oxygen atoms in total. The maximum Gasteiger partial charge on any atom is 0.277 e. The van der Waals surface area contributed by atoms with Crippen molar-refractivity contribution >= 4 is 5.78 Å². The van der Waals surface area contributed by atoms with Crippen molar-refractivity contribution in [2.45, 2.75) is 39.6 Å². The van der Waals surface area contributed by atoms with Gasteiger partial charge in [0, 0.05) is 19.3 Å². The molecule has 26 heavy (non-hydrogen) atoms. The summed E-state index contributed by atoms with van der Waals surface area (Å²) in [5.41, 5.74) is 2.78. The third-order valence-corrected chi connectivity index (χ3v) is 4.44. The number of carbonyl (C=O) groups excluding carboxylic acids is 1. The van der Waals surface area contributed by atoms with Crippen molar-refractivity contribution in [3.05, 3.63) is 77.7 Å². The molecule has 4 heteroatoms. The van der Waals surface area contributed by atoms with Crippen LogP contribution in [0.3, 0.4) is 0 Å². The van der Waals surface area contributed by atoms with Gasteiger partial charge in [-0.3, -0.25) is 4.79 Å². The van der Waals surface area contributed by atoms with E-state index in [9.17, 15) is 4.79 Å². The lowest BCUT2D eigenvalue weighted by Crippen LogP contribution is -2.23. The number of Topliss-reactive ketones (excluding diaryl/α,β-unsaturated/α-hetero) is 1. The second-order valence-corrected chi connectivity index (χ2v) is 6.86. The molecule has 2 aromatic rings. The number of rotatable bonds is 7. The van der Waals surface area contributed by atoms with Gasteiger partial charge in [-0.1, -0.05) is 50.2 Å². The summed E-state index contributed by atoms with van der Waals surface area (Å²) in [6.07, 6.45) is 3.44. The number of hydrogen-bond donors (Lipinski definition) is 0. The highest BCUT2D eigenvalue weighted by molar-refractivity contribution is 5.82. The quantitative estimate of drug-likeness (QED) is 0.723. The van der Waals surface area contributed by atoms with Crippen LogP contribution in [0.5, 0.6) is 5.75 Å². The van der Waals surface area contributed by atoms with Gasteiger partial charge in [-0.05, 0) is 23.3 Å². The third kappa shape index (κ3) is 4.07. The first-order valence-electron chi connectivity index (χ1n) is 8.81. The molecule has 0 saturated carbocycles. The second kappa shape index (κ2) is 7.65. The van der Waals surface area contributed by atoms with Crippen LogP contribution in [-0.2, 0) is 33.1 Å². The van der Waals surface area contributed by atoms with Crippen molar-refractivity contribution in [1.82, 2.24) is 0 Å². The molecular weight excluding hydrogens is 328 g/mol. The molecule has 1 aliphatic heterocycles. The molecule has 1 heterocycles. The Hall–Kier alpha value is -2.75.